The molecule has 74 valence electrons. The number of hydrogen-bond donors (Lipinski definition) is 0. The van der Waals surface area contributed by atoms with Crippen molar-refractivity contribution in [2.75, 3.05) is 0 Å². The van der Waals surface area contributed by atoms with Crippen molar-refractivity contribution in [2.45, 2.75) is 0 Å². The average molecular weight is 203 g/mol. The van der Waals surface area contributed by atoms with Gasteiger partial charge in [0.15, 0.2) is 11.2 Å². The number of aromatic nitrogens is 4. The van der Waals surface area contributed by atoms with E-state index in [2.05, 4.69) is 4.98 Å². The fourth-order valence-corrected chi connectivity index (χ4v) is 1.08. The van der Waals surface area contributed by atoms with E-state index in [1.54, 1.807) is 0 Å². The number of aryl methyl sites for hydroxylation is 2. The third-order valence-electron chi connectivity index (χ3n) is 1.75. The Hall–Kier alpha value is -1.85. The third kappa shape index (κ3) is 0.876. The first-order valence-corrected chi connectivity index (χ1v) is 3.44. The Morgan fingerprint density at radius 2 is 2.07 bits per heavy atom. The molecule has 14 heavy (non-hydrogen) atoms. The van der Waals surface area contributed by atoms with Crippen molar-refractivity contribution >= 4 is 11.2 Å². The van der Waals surface area contributed by atoms with E-state index in [0.717, 1.165) is 0 Å². The summed E-state index contributed by atoms with van der Waals surface area (Å²) >= 11 is 0. The van der Waals surface area contributed by atoms with Crippen LogP contribution in [0.1, 0.15) is 12.3 Å². The van der Waals surface area contributed by atoms with E-state index < -0.39 is 43.3 Å². The largest absolute Gasteiger partial charge is 0.332 e. The van der Waals surface area contributed by atoms with Crippen LogP contribution < -0.4 is 11.2 Å². The van der Waals surface area contributed by atoms with Gasteiger partial charge in [0.25, 0.3) is 5.56 Å². The van der Waals surface area contributed by atoms with Gasteiger partial charge in [-0.1, -0.05) is 0 Å². The summed E-state index contributed by atoms with van der Waals surface area (Å²) in [4.78, 5) is 28.0. The van der Waals surface area contributed by atoms with Crippen LogP contribution in [-0.4, -0.2) is 18.7 Å². The molecule has 0 aliphatic heterocycles. The van der Waals surface area contributed by atoms with Crippen LogP contribution >= 0.6 is 0 Å². The second-order valence-corrected chi connectivity index (χ2v) is 2.55. The first-order chi connectivity index (χ1) is 10.2. The summed E-state index contributed by atoms with van der Waals surface area (Å²) in [6, 6.07) is 0. The highest BCUT2D eigenvalue weighted by Gasteiger charge is 2.11. The number of hydrogen-bond acceptors (Lipinski definition) is 3. The normalized spacial score (nSPS) is 23.3. The van der Waals surface area contributed by atoms with Crippen molar-refractivity contribution in [2.24, 2.45) is 20.9 Å². The van der Waals surface area contributed by atoms with Gasteiger partial charge in [-0.3, -0.25) is 13.9 Å². The van der Waals surface area contributed by atoms with Crippen LogP contribution in [0.15, 0.2) is 15.9 Å². The molecule has 2 aromatic rings. The van der Waals surface area contributed by atoms with Crippen LogP contribution in [0.2, 0.25) is 0 Å². The molecule has 0 fully saturated rings. The molecule has 0 unspecified atom stereocenters. The number of rotatable bonds is 0. The zero-order valence-corrected chi connectivity index (χ0v) is 6.68. The van der Waals surface area contributed by atoms with E-state index in [9.17, 15) is 9.59 Å². The minimum atomic E-state index is -3.29. The van der Waals surface area contributed by atoms with E-state index in [0.29, 0.717) is 10.9 Å². The number of nitrogens with zero attached hydrogens (tertiary/aromatic N) is 4. The maximum Gasteiger partial charge on any atom is 0.332 e. The van der Waals surface area contributed by atoms with Gasteiger partial charge in [0.2, 0.25) is 0 Å². The van der Waals surface area contributed by atoms with Gasteiger partial charge < -0.3 is 4.57 Å². The predicted molar refractivity (Wildman–Crippen MR) is 51.2 cm³/mol. The van der Waals surface area contributed by atoms with Gasteiger partial charge >= 0.3 is 5.69 Å². The summed E-state index contributed by atoms with van der Waals surface area (Å²) in [5.74, 6) is 0. The highest BCUT2D eigenvalue weighted by molar-refractivity contribution is 5.69. The molecular formula is C8H10N4O2. The topological polar surface area (TPSA) is 61.8 Å². The molecular weight excluding hydrogens is 184 g/mol. The van der Waals surface area contributed by atoms with Gasteiger partial charge in [-0.25, -0.2) is 9.78 Å². The molecule has 0 amide bonds. The van der Waals surface area contributed by atoms with E-state index in [1.807, 2.05) is 0 Å². The van der Waals surface area contributed by atoms with Crippen molar-refractivity contribution in [3.05, 3.63) is 27.2 Å². The van der Waals surface area contributed by atoms with Crippen LogP contribution in [0.25, 0.3) is 11.2 Å². The van der Waals surface area contributed by atoms with Crippen LogP contribution in [0.3, 0.4) is 0 Å². The lowest BCUT2D eigenvalue weighted by Gasteiger charge is -2.02. The van der Waals surface area contributed by atoms with Gasteiger partial charge in [0.1, 0.15) is 0 Å². The van der Waals surface area contributed by atoms with Crippen molar-refractivity contribution in [3.63, 3.8) is 0 Å². The molecule has 0 aliphatic carbocycles. The van der Waals surface area contributed by atoms with E-state index in [1.165, 1.54) is 0 Å². The monoisotopic (exact) mass is 203 g/mol. The molecule has 6 nitrogen and oxygen atoms in total. The summed E-state index contributed by atoms with van der Waals surface area (Å²) in [6.07, 6.45) is 0.657. The number of imidazole rings is 1. The van der Waals surface area contributed by atoms with E-state index in [-0.39, 0.29) is 9.13 Å². The van der Waals surface area contributed by atoms with Crippen molar-refractivity contribution < 1.29 is 12.3 Å². The lowest BCUT2D eigenvalue weighted by molar-refractivity contribution is 0.705. The molecule has 0 aliphatic rings. The Bertz CT molecular complexity index is 879. The highest BCUT2D eigenvalue weighted by atomic mass is 16.2. The molecule has 0 saturated carbocycles. The lowest BCUT2D eigenvalue weighted by atomic mass is 10.5. The molecule has 0 bridgehead atoms. The molecule has 2 heterocycles. The second kappa shape index (κ2) is 2.57. The maximum atomic E-state index is 12.3. The molecule has 6 heteroatoms. The Labute approximate surface area is 91.7 Å². The minimum absolute atomic E-state index is 0.0122. The van der Waals surface area contributed by atoms with Crippen LogP contribution in [-0.2, 0) is 20.9 Å². The fourth-order valence-electron chi connectivity index (χ4n) is 1.08. The van der Waals surface area contributed by atoms with Crippen LogP contribution in [0.5, 0.6) is 0 Å². The number of fused-ring (bicyclic) bond motifs is 1. The van der Waals surface area contributed by atoms with E-state index >= 15 is 0 Å². The quantitative estimate of drug-likeness (QED) is 0.550. The summed E-state index contributed by atoms with van der Waals surface area (Å²) in [7, 11) is 0. The molecule has 2 rings (SSSR count). The van der Waals surface area contributed by atoms with Crippen molar-refractivity contribution in [3.8, 4) is 0 Å². The molecule has 0 N–H and O–H groups in total. The Morgan fingerprint density at radius 1 is 1.29 bits per heavy atom. The molecule has 0 spiro atoms. The Kier molecular flexibility index (Phi) is 0.565. The Morgan fingerprint density at radius 3 is 2.71 bits per heavy atom. The summed E-state index contributed by atoms with van der Waals surface area (Å²) in [5, 5.41) is 0. The molecule has 0 atom stereocenters. The summed E-state index contributed by atoms with van der Waals surface area (Å²) < 4.78 is 65.8. The fraction of sp³-hybridized carbons (Fsp3) is 0.375. The first-order valence-electron chi connectivity index (χ1n) is 7.94. The van der Waals surface area contributed by atoms with E-state index in [4.69, 9.17) is 12.3 Å². The van der Waals surface area contributed by atoms with Crippen molar-refractivity contribution in [1.29, 1.82) is 0 Å². The zero-order chi connectivity index (χ0) is 18.0. The van der Waals surface area contributed by atoms with Gasteiger partial charge in [-0.2, -0.15) is 0 Å². The molecule has 0 radical (unpaired) electrons. The summed E-state index contributed by atoms with van der Waals surface area (Å²) in [6.45, 7) is -9.37. The Balaban J connectivity index is 3.18. The summed E-state index contributed by atoms with van der Waals surface area (Å²) in [5.41, 5.74) is -4.62. The SMILES string of the molecule is [2H]C([2H])([2H])n1c(=O)c2c(ncn2C([2H])([2H])[2H])n(C([2H])([2H])[2H])c1=O. The predicted octanol–water partition coefficient (Wildman–Crippen LogP) is -1.03. The minimum Gasteiger partial charge on any atom is -0.328 e. The highest BCUT2D eigenvalue weighted by Crippen LogP contribution is 2.01. The third-order valence-corrected chi connectivity index (χ3v) is 1.75. The van der Waals surface area contributed by atoms with Gasteiger partial charge in [-0.15, -0.1) is 0 Å². The smallest absolute Gasteiger partial charge is 0.328 e. The van der Waals surface area contributed by atoms with Gasteiger partial charge in [0.05, 0.1) is 6.33 Å². The van der Waals surface area contributed by atoms with Crippen LogP contribution in [0.4, 0.5) is 0 Å². The van der Waals surface area contributed by atoms with Crippen molar-refractivity contribution in [1.82, 2.24) is 18.7 Å². The van der Waals surface area contributed by atoms with Gasteiger partial charge in [0, 0.05) is 33.3 Å². The average Bonchev–Trinajstić information content (AvgIpc) is 2.68. The molecule has 0 saturated heterocycles. The molecule has 2 aromatic heterocycles. The second-order valence-electron chi connectivity index (χ2n) is 2.55. The zero-order valence-electron chi connectivity index (χ0n) is 15.7. The first kappa shape index (κ1) is 3.08. The lowest BCUT2D eigenvalue weighted by Crippen LogP contribution is -2.37. The standard InChI is InChI=1S/C8H10N4O2/c1-10-4-9-6-5(10)7(13)12(3)8(14)11(6)2/h4H,1-3H3/i1D3,2D3,3D3. The molecule has 0 aromatic carbocycles. The van der Waals surface area contributed by atoms with Crippen LogP contribution in [0, 0.1) is 0 Å². The van der Waals surface area contributed by atoms with Gasteiger partial charge in [-0.05, 0) is 0 Å². The maximum absolute atomic E-state index is 12.3.